The molecule has 3 rings (SSSR count). The molecule has 9 nitrogen and oxygen atoms in total. The number of ether oxygens (including phenoxy) is 2. The van der Waals surface area contributed by atoms with Crippen LogP contribution in [0.5, 0.6) is 11.5 Å². The molecular weight excluding hydrogens is 422 g/mol. The van der Waals surface area contributed by atoms with E-state index in [1.807, 2.05) is 0 Å². The predicted molar refractivity (Wildman–Crippen MR) is 115 cm³/mol. The van der Waals surface area contributed by atoms with Gasteiger partial charge in [0.25, 0.3) is 10.0 Å². The van der Waals surface area contributed by atoms with Gasteiger partial charge in [-0.3, -0.25) is 4.79 Å². The topological polar surface area (TPSA) is 120 Å². The Hall–Kier alpha value is -3.79. The van der Waals surface area contributed by atoms with Gasteiger partial charge >= 0.3 is 0 Å². The Bertz CT molecular complexity index is 1200. The third-order valence-corrected chi connectivity index (χ3v) is 5.54. The third kappa shape index (κ3) is 5.43. The van der Waals surface area contributed by atoms with Crippen molar-refractivity contribution in [2.75, 3.05) is 24.3 Å². The first-order valence-corrected chi connectivity index (χ1v) is 10.6. The lowest BCUT2D eigenvalue weighted by molar-refractivity contribution is 0.104. The fourth-order valence-electron chi connectivity index (χ4n) is 2.63. The van der Waals surface area contributed by atoms with Crippen LogP contribution in [0.2, 0.25) is 0 Å². The number of aryl methyl sites for hydroxylation is 1. The Morgan fingerprint density at radius 1 is 1.03 bits per heavy atom. The van der Waals surface area contributed by atoms with E-state index in [4.69, 9.17) is 14.0 Å². The van der Waals surface area contributed by atoms with E-state index in [1.165, 1.54) is 44.7 Å². The molecule has 0 radical (unpaired) electrons. The Morgan fingerprint density at radius 3 is 2.35 bits per heavy atom. The molecule has 2 N–H and O–H groups in total. The van der Waals surface area contributed by atoms with Crippen LogP contribution in [0.1, 0.15) is 16.1 Å². The highest BCUT2D eigenvalue weighted by Gasteiger charge is 2.16. The number of anilines is 2. The van der Waals surface area contributed by atoms with Crippen LogP contribution in [0, 0.1) is 6.92 Å². The molecule has 0 unspecified atom stereocenters. The van der Waals surface area contributed by atoms with E-state index in [2.05, 4.69) is 15.2 Å². The minimum Gasteiger partial charge on any atom is -0.493 e. The van der Waals surface area contributed by atoms with Gasteiger partial charge in [-0.1, -0.05) is 5.16 Å². The maximum Gasteiger partial charge on any atom is 0.264 e. The highest BCUT2D eigenvalue weighted by atomic mass is 32.2. The quantitative estimate of drug-likeness (QED) is 0.380. The normalized spacial score (nSPS) is 11.3. The van der Waals surface area contributed by atoms with Crippen molar-refractivity contribution >= 4 is 27.4 Å². The van der Waals surface area contributed by atoms with Gasteiger partial charge in [-0.05, 0) is 49.4 Å². The van der Waals surface area contributed by atoms with Crippen molar-refractivity contribution in [3.8, 4) is 11.5 Å². The molecule has 162 valence electrons. The largest absolute Gasteiger partial charge is 0.493 e. The second-order valence-corrected chi connectivity index (χ2v) is 8.06. The van der Waals surface area contributed by atoms with Crippen molar-refractivity contribution in [1.29, 1.82) is 0 Å². The molecule has 0 aliphatic heterocycles. The second-order valence-electron chi connectivity index (χ2n) is 6.37. The average Bonchev–Trinajstić information content (AvgIpc) is 3.17. The summed E-state index contributed by atoms with van der Waals surface area (Å²) < 4.78 is 42.3. The molecule has 0 saturated carbocycles. The number of nitrogens with zero attached hydrogens (tertiary/aromatic N) is 1. The summed E-state index contributed by atoms with van der Waals surface area (Å²) in [6, 6.07) is 12.4. The number of hydrogen-bond donors (Lipinski definition) is 2. The van der Waals surface area contributed by atoms with Gasteiger partial charge < -0.3 is 19.3 Å². The van der Waals surface area contributed by atoms with Crippen LogP contribution in [-0.2, 0) is 10.0 Å². The summed E-state index contributed by atoms with van der Waals surface area (Å²) >= 11 is 0. The summed E-state index contributed by atoms with van der Waals surface area (Å²) in [6.07, 6.45) is 2.83. The number of allylic oxidation sites excluding steroid dienone is 1. The lowest BCUT2D eigenvalue weighted by Gasteiger charge is -2.08. The number of carbonyl (C=O) groups is 1. The highest BCUT2D eigenvalue weighted by Crippen LogP contribution is 2.27. The van der Waals surface area contributed by atoms with Crippen LogP contribution in [0.25, 0.3) is 0 Å². The molecule has 0 saturated heterocycles. The molecule has 0 aliphatic carbocycles. The Labute approximate surface area is 179 Å². The van der Waals surface area contributed by atoms with Gasteiger partial charge in [0.1, 0.15) is 0 Å². The first-order chi connectivity index (χ1) is 14.8. The van der Waals surface area contributed by atoms with E-state index >= 15 is 0 Å². The molecule has 10 heteroatoms. The number of rotatable bonds is 9. The average molecular weight is 443 g/mol. The minimum absolute atomic E-state index is 0.0382. The predicted octanol–water partition coefficient (Wildman–Crippen LogP) is 3.61. The van der Waals surface area contributed by atoms with Crippen LogP contribution < -0.4 is 19.5 Å². The van der Waals surface area contributed by atoms with E-state index in [9.17, 15) is 13.2 Å². The summed E-state index contributed by atoms with van der Waals surface area (Å²) in [5.41, 5.74) is 1.60. The summed E-state index contributed by atoms with van der Waals surface area (Å²) in [7, 11) is -0.791. The van der Waals surface area contributed by atoms with Gasteiger partial charge in [-0.2, -0.15) is 0 Å². The maximum absolute atomic E-state index is 12.4. The van der Waals surface area contributed by atoms with Gasteiger partial charge in [-0.15, -0.1) is 0 Å². The number of nitrogens with one attached hydrogen (secondary N) is 2. The van der Waals surface area contributed by atoms with Crippen LogP contribution in [0.3, 0.4) is 0 Å². The van der Waals surface area contributed by atoms with Gasteiger partial charge in [0.15, 0.2) is 17.3 Å². The van der Waals surface area contributed by atoms with Crippen LogP contribution in [-0.4, -0.2) is 33.6 Å². The first-order valence-electron chi connectivity index (χ1n) is 9.08. The zero-order valence-corrected chi connectivity index (χ0v) is 17.9. The van der Waals surface area contributed by atoms with Crippen molar-refractivity contribution in [2.45, 2.75) is 11.8 Å². The lowest BCUT2D eigenvalue weighted by atomic mass is 10.1. The minimum atomic E-state index is -3.80. The smallest absolute Gasteiger partial charge is 0.264 e. The highest BCUT2D eigenvalue weighted by molar-refractivity contribution is 7.92. The van der Waals surface area contributed by atoms with E-state index in [1.54, 1.807) is 37.3 Å². The van der Waals surface area contributed by atoms with E-state index in [0.29, 0.717) is 28.4 Å². The standard InChI is InChI=1S/C21H21N3O6S/c1-14-12-21(30-23-14)24-31(26,27)17-7-5-16(6-8-17)22-11-10-18(25)15-4-9-19(28-2)20(13-15)29-3/h4-13,22,24H,1-3H3/b11-10-. The van der Waals surface area contributed by atoms with Crippen molar-refractivity contribution in [1.82, 2.24) is 5.16 Å². The van der Waals surface area contributed by atoms with Crippen molar-refractivity contribution in [2.24, 2.45) is 0 Å². The van der Waals surface area contributed by atoms with E-state index in [0.717, 1.165) is 0 Å². The first kappa shape index (κ1) is 21.9. The molecule has 0 spiro atoms. The fourth-order valence-corrected chi connectivity index (χ4v) is 3.61. The molecule has 0 bridgehead atoms. The van der Waals surface area contributed by atoms with Crippen molar-refractivity contribution < 1.29 is 27.2 Å². The lowest BCUT2D eigenvalue weighted by Crippen LogP contribution is -2.12. The molecule has 0 aliphatic rings. The SMILES string of the molecule is COc1ccc(C(=O)/C=C\Nc2ccc(S(=O)(=O)Nc3cc(C)no3)cc2)cc1OC. The molecule has 2 aromatic carbocycles. The Morgan fingerprint density at radius 2 is 1.74 bits per heavy atom. The number of methoxy groups -OCH3 is 2. The van der Waals surface area contributed by atoms with E-state index < -0.39 is 10.0 Å². The van der Waals surface area contributed by atoms with Gasteiger partial charge in [0.2, 0.25) is 5.88 Å². The zero-order valence-electron chi connectivity index (χ0n) is 17.1. The van der Waals surface area contributed by atoms with Gasteiger partial charge in [0.05, 0.1) is 24.8 Å². The van der Waals surface area contributed by atoms with Crippen LogP contribution in [0.15, 0.2) is 70.2 Å². The summed E-state index contributed by atoms with van der Waals surface area (Å²) in [4.78, 5) is 12.4. The second kappa shape index (κ2) is 9.35. The molecule has 1 heterocycles. The molecular formula is C21H21N3O6S. The van der Waals surface area contributed by atoms with Crippen molar-refractivity contribution in [3.05, 3.63) is 72.1 Å². The summed E-state index contributed by atoms with van der Waals surface area (Å²) in [6.45, 7) is 1.69. The molecule has 1 aromatic heterocycles. The third-order valence-electron chi connectivity index (χ3n) is 4.18. The number of sulfonamides is 1. The zero-order chi connectivity index (χ0) is 22.4. The number of ketones is 1. The summed E-state index contributed by atoms with van der Waals surface area (Å²) in [5.74, 6) is 0.792. The number of hydrogen-bond acceptors (Lipinski definition) is 8. The van der Waals surface area contributed by atoms with Gasteiger partial charge in [-0.25, -0.2) is 13.1 Å². The Balaban J connectivity index is 1.63. The number of benzene rings is 2. The maximum atomic E-state index is 12.4. The Kier molecular flexibility index (Phi) is 6.61. The number of aromatic nitrogens is 1. The van der Waals surface area contributed by atoms with Crippen LogP contribution >= 0.6 is 0 Å². The van der Waals surface area contributed by atoms with Crippen molar-refractivity contribution in [3.63, 3.8) is 0 Å². The fraction of sp³-hybridized carbons (Fsp3) is 0.143. The molecule has 31 heavy (non-hydrogen) atoms. The molecule has 0 fully saturated rings. The molecule has 0 amide bonds. The van der Waals surface area contributed by atoms with E-state index in [-0.39, 0.29) is 16.6 Å². The monoisotopic (exact) mass is 443 g/mol. The van der Waals surface area contributed by atoms with Gasteiger partial charge in [0, 0.05) is 29.6 Å². The summed E-state index contributed by atoms with van der Waals surface area (Å²) in [5, 5.41) is 6.56. The van der Waals surface area contributed by atoms with Crippen LogP contribution in [0.4, 0.5) is 11.6 Å². The number of carbonyl (C=O) groups excluding carboxylic acids is 1. The molecule has 0 atom stereocenters. The molecule has 3 aromatic rings.